The number of anilines is 1. The average molecular weight is 220 g/mol. The number of nitriles is 1. The summed E-state index contributed by atoms with van der Waals surface area (Å²) in [5, 5.41) is 8.81. The van der Waals surface area contributed by atoms with Crippen molar-refractivity contribution in [3.8, 4) is 17.2 Å². The summed E-state index contributed by atoms with van der Waals surface area (Å²) in [5.74, 6) is -1.53. The van der Waals surface area contributed by atoms with Crippen molar-refractivity contribution in [2.24, 2.45) is 0 Å². The summed E-state index contributed by atoms with van der Waals surface area (Å²) in [7, 11) is 0. The van der Waals surface area contributed by atoms with E-state index < -0.39 is 11.6 Å². The van der Waals surface area contributed by atoms with E-state index in [0.717, 1.165) is 12.1 Å². The van der Waals surface area contributed by atoms with E-state index >= 15 is 0 Å². The fourth-order valence-electron chi connectivity index (χ4n) is 1.39. The fraction of sp³-hybridized carbons (Fsp3) is 0. The maximum Gasteiger partial charge on any atom is 0.208 e. The Balaban J connectivity index is 2.64. The van der Waals surface area contributed by atoms with E-state index in [2.05, 4.69) is 0 Å². The molecule has 80 valence electrons. The van der Waals surface area contributed by atoms with Gasteiger partial charge in [0.25, 0.3) is 0 Å². The molecule has 1 aromatic carbocycles. The summed E-state index contributed by atoms with van der Waals surface area (Å²) in [6.45, 7) is 0. The van der Waals surface area contributed by atoms with Gasteiger partial charge in [-0.15, -0.1) is 0 Å². The van der Waals surface area contributed by atoms with Crippen LogP contribution in [-0.2, 0) is 0 Å². The lowest BCUT2D eigenvalue weighted by molar-refractivity contribution is 0.580. The van der Waals surface area contributed by atoms with Crippen LogP contribution in [-0.4, -0.2) is 0 Å². The maximum absolute atomic E-state index is 13.4. The third-order valence-corrected chi connectivity index (χ3v) is 2.15. The van der Waals surface area contributed by atoms with Gasteiger partial charge in [0.1, 0.15) is 29.5 Å². The highest BCUT2D eigenvalue weighted by molar-refractivity contribution is 5.74. The minimum atomic E-state index is -0.766. The lowest BCUT2D eigenvalue weighted by Crippen LogP contribution is -1.89. The highest BCUT2D eigenvalue weighted by Gasteiger charge is 2.16. The number of furan rings is 1. The zero-order valence-corrected chi connectivity index (χ0v) is 8.00. The van der Waals surface area contributed by atoms with Crippen molar-refractivity contribution in [2.75, 3.05) is 5.73 Å². The lowest BCUT2D eigenvalue weighted by atomic mass is 10.0. The summed E-state index contributed by atoms with van der Waals surface area (Å²) in [5.41, 5.74) is 5.73. The Morgan fingerprint density at radius 3 is 2.62 bits per heavy atom. The highest BCUT2D eigenvalue weighted by atomic mass is 19.1. The quantitative estimate of drug-likeness (QED) is 0.803. The molecule has 0 amide bonds. The summed E-state index contributed by atoms with van der Waals surface area (Å²) < 4.78 is 30.9. The van der Waals surface area contributed by atoms with Gasteiger partial charge in [-0.3, -0.25) is 0 Å². The van der Waals surface area contributed by atoms with E-state index in [1.807, 2.05) is 0 Å². The molecule has 2 aromatic rings. The summed E-state index contributed by atoms with van der Waals surface area (Å²) in [4.78, 5) is 0. The molecule has 1 aromatic heterocycles. The van der Waals surface area contributed by atoms with E-state index in [0.29, 0.717) is 0 Å². The Hall–Kier alpha value is -2.35. The molecule has 0 atom stereocenters. The van der Waals surface area contributed by atoms with Gasteiger partial charge >= 0.3 is 0 Å². The number of halogens is 2. The number of nitrogens with two attached hydrogens (primary N) is 1. The molecular formula is C11H6F2N2O. The monoisotopic (exact) mass is 220 g/mol. The van der Waals surface area contributed by atoms with Crippen LogP contribution in [0.5, 0.6) is 0 Å². The van der Waals surface area contributed by atoms with Gasteiger partial charge in [-0.25, -0.2) is 8.78 Å². The molecule has 0 aliphatic heterocycles. The maximum atomic E-state index is 13.4. The van der Waals surface area contributed by atoms with Crippen molar-refractivity contribution in [1.82, 2.24) is 0 Å². The van der Waals surface area contributed by atoms with Crippen LogP contribution < -0.4 is 5.73 Å². The van der Waals surface area contributed by atoms with Crippen LogP contribution in [0.25, 0.3) is 11.1 Å². The summed E-state index contributed by atoms with van der Waals surface area (Å²) in [6, 6.07) is 4.87. The Bertz CT molecular complexity index is 584. The predicted octanol–water partition coefficient (Wildman–Crippen LogP) is 2.68. The average Bonchev–Trinajstić information content (AvgIpc) is 2.59. The molecule has 16 heavy (non-hydrogen) atoms. The van der Waals surface area contributed by atoms with Crippen LogP contribution in [0, 0.1) is 23.0 Å². The number of nitrogen functional groups attached to an aromatic ring is 1. The van der Waals surface area contributed by atoms with Crippen molar-refractivity contribution in [2.45, 2.75) is 0 Å². The Labute approximate surface area is 89.7 Å². The van der Waals surface area contributed by atoms with Gasteiger partial charge in [0, 0.05) is 17.2 Å². The second kappa shape index (κ2) is 3.66. The van der Waals surface area contributed by atoms with Gasteiger partial charge in [-0.05, 0) is 12.1 Å². The number of benzene rings is 1. The summed E-state index contributed by atoms with van der Waals surface area (Å²) >= 11 is 0. The molecule has 2 rings (SSSR count). The number of hydrogen-bond donors (Lipinski definition) is 1. The fourth-order valence-corrected chi connectivity index (χ4v) is 1.39. The zero-order chi connectivity index (χ0) is 11.7. The lowest BCUT2D eigenvalue weighted by Gasteiger charge is -2.00. The minimum absolute atomic E-state index is 0.0468. The first-order valence-corrected chi connectivity index (χ1v) is 4.36. The van der Waals surface area contributed by atoms with Gasteiger partial charge in [-0.1, -0.05) is 0 Å². The smallest absolute Gasteiger partial charge is 0.208 e. The SMILES string of the molecule is N#Cc1c(-c2ccc(F)cc2F)coc1N. The Kier molecular flexibility index (Phi) is 2.33. The topological polar surface area (TPSA) is 63.0 Å². The first kappa shape index (κ1) is 10.2. The molecule has 0 aliphatic rings. The zero-order valence-electron chi connectivity index (χ0n) is 8.00. The summed E-state index contributed by atoms with van der Waals surface area (Å²) in [6.07, 6.45) is 1.17. The molecule has 0 aliphatic carbocycles. The third kappa shape index (κ3) is 1.50. The van der Waals surface area contributed by atoms with E-state index in [1.54, 1.807) is 6.07 Å². The van der Waals surface area contributed by atoms with Gasteiger partial charge in [0.2, 0.25) is 5.88 Å². The second-order valence-corrected chi connectivity index (χ2v) is 3.12. The molecule has 0 radical (unpaired) electrons. The van der Waals surface area contributed by atoms with E-state index in [-0.39, 0.29) is 22.6 Å². The largest absolute Gasteiger partial charge is 0.447 e. The molecule has 0 saturated heterocycles. The number of hydrogen-bond acceptors (Lipinski definition) is 3. The molecule has 0 bridgehead atoms. The Morgan fingerprint density at radius 2 is 2.00 bits per heavy atom. The molecule has 0 spiro atoms. The van der Waals surface area contributed by atoms with Gasteiger partial charge in [0.15, 0.2) is 0 Å². The Morgan fingerprint density at radius 1 is 1.25 bits per heavy atom. The number of rotatable bonds is 1. The van der Waals surface area contributed by atoms with Crippen LogP contribution in [0.4, 0.5) is 14.7 Å². The minimum Gasteiger partial charge on any atom is -0.447 e. The molecule has 2 N–H and O–H groups in total. The van der Waals surface area contributed by atoms with Crippen LogP contribution in [0.15, 0.2) is 28.9 Å². The van der Waals surface area contributed by atoms with E-state index in [1.165, 1.54) is 12.3 Å². The first-order valence-electron chi connectivity index (χ1n) is 4.36. The van der Waals surface area contributed by atoms with Crippen molar-refractivity contribution >= 4 is 5.88 Å². The van der Waals surface area contributed by atoms with Crippen molar-refractivity contribution in [3.63, 3.8) is 0 Å². The van der Waals surface area contributed by atoms with E-state index in [9.17, 15) is 8.78 Å². The molecule has 0 saturated carbocycles. The van der Waals surface area contributed by atoms with Crippen LogP contribution in [0.1, 0.15) is 5.56 Å². The molecule has 3 nitrogen and oxygen atoms in total. The predicted molar refractivity (Wildman–Crippen MR) is 53.2 cm³/mol. The third-order valence-electron chi connectivity index (χ3n) is 2.15. The van der Waals surface area contributed by atoms with Gasteiger partial charge in [-0.2, -0.15) is 5.26 Å². The van der Waals surface area contributed by atoms with Gasteiger partial charge < -0.3 is 10.2 Å². The first-order chi connectivity index (χ1) is 7.63. The van der Waals surface area contributed by atoms with Crippen LogP contribution in [0.3, 0.4) is 0 Å². The molecule has 0 unspecified atom stereocenters. The van der Waals surface area contributed by atoms with Crippen molar-refractivity contribution < 1.29 is 13.2 Å². The molecule has 1 heterocycles. The van der Waals surface area contributed by atoms with E-state index in [4.69, 9.17) is 15.4 Å². The molecule has 5 heteroatoms. The second-order valence-electron chi connectivity index (χ2n) is 3.12. The number of nitrogens with zero attached hydrogens (tertiary/aromatic N) is 1. The molecular weight excluding hydrogens is 214 g/mol. The van der Waals surface area contributed by atoms with Crippen molar-refractivity contribution in [1.29, 1.82) is 5.26 Å². The highest BCUT2D eigenvalue weighted by Crippen LogP contribution is 2.31. The van der Waals surface area contributed by atoms with Crippen LogP contribution in [0.2, 0.25) is 0 Å². The molecule has 0 fully saturated rings. The van der Waals surface area contributed by atoms with Crippen LogP contribution >= 0.6 is 0 Å². The van der Waals surface area contributed by atoms with Gasteiger partial charge in [0.05, 0.1) is 0 Å². The standard InChI is InChI=1S/C11H6F2N2O/c12-6-1-2-7(10(13)3-6)9-5-16-11(15)8(9)4-14/h1-3,5H,15H2. The normalized spacial score (nSPS) is 10.1. The van der Waals surface area contributed by atoms with Crippen molar-refractivity contribution in [3.05, 3.63) is 41.7 Å².